The van der Waals surface area contributed by atoms with Crippen LogP contribution in [0.15, 0.2) is 30.3 Å². The molecule has 0 bridgehead atoms. The van der Waals surface area contributed by atoms with Crippen molar-refractivity contribution in [2.75, 3.05) is 13.6 Å². The molecular formula is C16H19ClFNOS. The Morgan fingerprint density at radius 2 is 2.10 bits per heavy atom. The molecule has 0 aliphatic carbocycles. The summed E-state index contributed by atoms with van der Waals surface area (Å²) in [4.78, 5) is 3.31. The molecule has 0 aliphatic heterocycles. The summed E-state index contributed by atoms with van der Waals surface area (Å²) in [6.45, 7) is 3.24. The first-order valence-electron chi connectivity index (χ1n) is 6.82. The lowest BCUT2D eigenvalue weighted by Gasteiger charge is -2.18. The summed E-state index contributed by atoms with van der Waals surface area (Å²) < 4.78 is 14.3. The van der Waals surface area contributed by atoms with Gasteiger partial charge in [0.25, 0.3) is 0 Å². The van der Waals surface area contributed by atoms with Crippen LogP contribution in [0.25, 0.3) is 0 Å². The summed E-state index contributed by atoms with van der Waals surface area (Å²) in [5.41, 5.74) is 1.23. The Kier molecular flexibility index (Phi) is 5.76. The SMILES string of the molecule is Cc1ccc(C(O)CCN(C)Cc2ccc(Cl)s2)cc1F. The number of aliphatic hydroxyl groups excluding tert-OH is 1. The Morgan fingerprint density at radius 3 is 2.71 bits per heavy atom. The number of hydrogen-bond donors (Lipinski definition) is 1. The van der Waals surface area contributed by atoms with Crippen molar-refractivity contribution >= 4 is 22.9 Å². The average Bonchev–Trinajstić information content (AvgIpc) is 2.84. The van der Waals surface area contributed by atoms with Crippen molar-refractivity contribution in [3.63, 3.8) is 0 Å². The molecule has 1 aromatic heterocycles. The predicted octanol–water partition coefficient (Wildman–Crippen LogP) is 4.40. The van der Waals surface area contributed by atoms with Crippen LogP contribution in [0.3, 0.4) is 0 Å². The Bertz CT molecular complexity index is 602. The second kappa shape index (κ2) is 7.36. The summed E-state index contributed by atoms with van der Waals surface area (Å²) in [5.74, 6) is -0.270. The van der Waals surface area contributed by atoms with E-state index in [4.69, 9.17) is 11.6 Å². The van der Waals surface area contributed by atoms with Crippen LogP contribution in [-0.4, -0.2) is 23.6 Å². The fourth-order valence-corrected chi connectivity index (χ4v) is 3.28. The van der Waals surface area contributed by atoms with Crippen LogP contribution in [0, 0.1) is 12.7 Å². The second-order valence-electron chi connectivity index (χ2n) is 5.26. The number of aryl methyl sites for hydroxylation is 1. The summed E-state index contributed by atoms with van der Waals surface area (Å²) in [6, 6.07) is 8.79. The van der Waals surface area contributed by atoms with Gasteiger partial charge in [0, 0.05) is 18.0 Å². The van der Waals surface area contributed by atoms with Gasteiger partial charge >= 0.3 is 0 Å². The van der Waals surface area contributed by atoms with Gasteiger partial charge in [0.1, 0.15) is 5.82 Å². The number of nitrogens with zero attached hydrogens (tertiary/aromatic N) is 1. The highest BCUT2D eigenvalue weighted by atomic mass is 35.5. The summed E-state index contributed by atoms with van der Waals surface area (Å²) in [7, 11) is 2.00. The highest BCUT2D eigenvalue weighted by molar-refractivity contribution is 7.16. The molecule has 1 heterocycles. The van der Waals surface area contributed by atoms with Crippen LogP contribution < -0.4 is 0 Å². The maximum absolute atomic E-state index is 13.5. The van der Waals surface area contributed by atoms with Gasteiger partial charge in [-0.3, -0.25) is 0 Å². The first-order valence-corrected chi connectivity index (χ1v) is 8.02. The number of rotatable bonds is 6. The predicted molar refractivity (Wildman–Crippen MR) is 86.4 cm³/mol. The summed E-state index contributed by atoms with van der Waals surface area (Å²) in [5, 5.41) is 10.1. The van der Waals surface area contributed by atoms with Crippen molar-refractivity contribution in [2.24, 2.45) is 0 Å². The number of halogens is 2. The van der Waals surface area contributed by atoms with E-state index in [0.717, 1.165) is 17.4 Å². The molecule has 0 fully saturated rings. The van der Waals surface area contributed by atoms with Gasteiger partial charge in [0.2, 0.25) is 0 Å². The van der Waals surface area contributed by atoms with Gasteiger partial charge in [-0.05, 0) is 49.7 Å². The van der Waals surface area contributed by atoms with E-state index < -0.39 is 6.10 Å². The molecule has 114 valence electrons. The third-order valence-corrected chi connectivity index (χ3v) is 4.64. The fraction of sp³-hybridized carbons (Fsp3) is 0.375. The molecule has 5 heteroatoms. The molecule has 2 rings (SSSR count). The highest BCUT2D eigenvalue weighted by Gasteiger charge is 2.11. The lowest BCUT2D eigenvalue weighted by atomic mass is 10.0. The molecule has 0 saturated heterocycles. The molecule has 2 nitrogen and oxygen atoms in total. The number of thiophene rings is 1. The van der Waals surface area contributed by atoms with Crippen molar-refractivity contribution in [2.45, 2.75) is 26.0 Å². The zero-order valence-electron chi connectivity index (χ0n) is 12.1. The van der Waals surface area contributed by atoms with Crippen molar-refractivity contribution in [1.29, 1.82) is 0 Å². The van der Waals surface area contributed by atoms with Crippen LogP contribution in [0.5, 0.6) is 0 Å². The molecule has 21 heavy (non-hydrogen) atoms. The number of hydrogen-bond acceptors (Lipinski definition) is 3. The van der Waals surface area contributed by atoms with Crippen LogP contribution in [0.1, 0.15) is 28.5 Å². The van der Waals surface area contributed by atoms with Crippen LogP contribution in [0.2, 0.25) is 4.34 Å². The van der Waals surface area contributed by atoms with E-state index in [1.54, 1.807) is 30.4 Å². The largest absolute Gasteiger partial charge is 0.388 e. The van der Waals surface area contributed by atoms with E-state index in [9.17, 15) is 9.50 Å². The first-order chi connectivity index (χ1) is 9.95. The maximum atomic E-state index is 13.5. The second-order valence-corrected chi connectivity index (χ2v) is 7.06. The molecular weight excluding hydrogens is 309 g/mol. The molecule has 1 unspecified atom stereocenters. The molecule has 1 atom stereocenters. The van der Waals surface area contributed by atoms with E-state index in [1.807, 2.05) is 19.2 Å². The molecule has 0 radical (unpaired) electrons. The Hall–Kier alpha value is -0.940. The monoisotopic (exact) mass is 327 g/mol. The number of benzene rings is 1. The molecule has 0 saturated carbocycles. The Balaban J connectivity index is 1.85. The smallest absolute Gasteiger partial charge is 0.126 e. The van der Waals surface area contributed by atoms with E-state index in [0.29, 0.717) is 17.5 Å². The minimum absolute atomic E-state index is 0.270. The van der Waals surface area contributed by atoms with Crippen molar-refractivity contribution in [1.82, 2.24) is 4.90 Å². The Labute approximate surface area is 133 Å². The van der Waals surface area contributed by atoms with Crippen molar-refractivity contribution in [3.05, 3.63) is 56.5 Å². The van der Waals surface area contributed by atoms with Gasteiger partial charge in [-0.25, -0.2) is 4.39 Å². The van der Waals surface area contributed by atoms with Crippen LogP contribution in [0.4, 0.5) is 4.39 Å². The van der Waals surface area contributed by atoms with Gasteiger partial charge in [0.15, 0.2) is 0 Å². The lowest BCUT2D eigenvalue weighted by molar-refractivity contribution is 0.147. The maximum Gasteiger partial charge on any atom is 0.126 e. The first kappa shape index (κ1) is 16.4. The van der Waals surface area contributed by atoms with Gasteiger partial charge < -0.3 is 10.0 Å². The minimum Gasteiger partial charge on any atom is -0.388 e. The van der Waals surface area contributed by atoms with Gasteiger partial charge in [-0.1, -0.05) is 23.7 Å². The topological polar surface area (TPSA) is 23.5 Å². The van der Waals surface area contributed by atoms with Crippen molar-refractivity contribution < 1.29 is 9.50 Å². The summed E-state index contributed by atoms with van der Waals surface area (Å²) >= 11 is 7.47. The standard InChI is InChI=1S/C16H19ClFNOS/c1-11-3-4-12(9-14(11)18)15(20)7-8-19(2)10-13-5-6-16(17)21-13/h3-6,9,15,20H,7-8,10H2,1-2H3. The van der Waals surface area contributed by atoms with Gasteiger partial charge in [-0.15, -0.1) is 11.3 Å². The van der Waals surface area contributed by atoms with Gasteiger partial charge in [-0.2, -0.15) is 0 Å². The Morgan fingerprint density at radius 1 is 1.33 bits per heavy atom. The zero-order chi connectivity index (χ0) is 15.4. The quantitative estimate of drug-likeness (QED) is 0.849. The number of aliphatic hydroxyl groups is 1. The molecule has 2 aromatic rings. The van der Waals surface area contributed by atoms with Crippen molar-refractivity contribution in [3.8, 4) is 0 Å². The van der Waals surface area contributed by atoms with Crippen LogP contribution in [-0.2, 0) is 6.54 Å². The normalized spacial score (nSPS) is 12.9. The molecule has 1 N–H and O–H groups in total. The van der Waals surface area contributed by atoms with Gasteiger partial charge in [0.05, 0.1) is 10.4 Å². The lowest BCUT2D eigenvalue weighted by Crippen LogP contribution is -2.20. The van der Waals surface area contributed by atoms with Crippen LogP contribution >= 0.6 is 22.9 Å². The molecule has 1 aromatic carbocycles. The summed E-state index contributed by atoms with van der Waals surface area (Å²) in [6.07, 6.45) is -0.0764. The minimum atomic E-state index is -0.644. The average molecular weight is 328 g/mol. The highest BCUT2D eigenvalue weighted by Crippen LogP contribution is 2.23. The third-order valence-electron chi connectivity index (χ3n) is 3.42. The van der Waals surface area contributed by atoms with E-state index in [1.165, 1.54) is 10.9 Å². The van der Waals surface area contributed by atoms with E-state index >= 15 is 0 Å². The zero-order valence-corrected chi connectivity index (χ0v) is 13.7. The van der Waals surface area contributed by atoms with E-state index in [2.05, 4.69) is 4.90 Å². The molecule has 0 amide bonds. The fourth-order valence-electron chi connectivity index (χ4n) is 2.11. The van der Waals surface area contributed by atoms with E-state index in [-0.39, 0.29) is 5.82 Å². The molecule has 0 aliphatic rings. The third kappa shape index (κ3) is 4.78. The molecule has 0 spiro atoms.